The van der Waals surface area contributed by atoms with Crippen LogP contribution in [0, 0.1) is 0 Å². The lowest BCUT2D eigenvalue weighted by Gasteiger charge is -2.20. The third-order valence-corrected chi connectivity index (χ3v) is 5.70. The van der Waals surface area contributed by atoms with Gasteiger partial charge in [0.2, 0.25) is 21.8 Å². The minimum absolute atomic E-state index is 0.0644. The molecule has 1 N–H and O–H groups in total. The van der Waals surface area contributed by atoms with Crippen molar-refractivity contribution in [3.8, 4) is 0 Å². The van der Waals surface area contributed by atoms with E-state index in [2.05, 4.69) is 5.32 Å². The Kier molecular flexibility index (Phi) is 6.11. The fraction of sp³-hybridized carbons (Fsp3) is 0.300. The number of hydrogen-bond acceptors (Lipinski definition) is 4. The van der Waals surface area contributed by atoms with Gasteiger partial charge in [0.1, 0.15) is 0 Å². The van der Waals surface area contributed by atoms with Crippen molar-refractivity contribution in [2.24, 2.45) is 0 Å². The molecule has 3 rings (SSSR count). The van der Waals surface area contributed by atoms with Crippen molar-refractivity contribution in [3.05, 3.63) is 60.2 Å². The topological polar surface area (TPSA) is 86.8 Å². The van der Waals surface area contributed by atoms with E-state index in [-0.39, 0.29) is 19.0 Å². The van der Waals surface area contributed by atoms with Gasteiger partial charge in [-0.2, -0.15) is 4.31 Å². The molecule has 148 valence electrons. The van der Waals surface area contributed by atoms with E-state index in [1.807, 2.05) is 36.4 Å². The average Bonchev–Trinajstić information content (AvgIpc) is 3.07. The number of sulfonamides is 1. The molecule has 0 atom stereocenters. The van der Waals surface area contributed by atoms with Crippen LogP contribution in [-0.2, 0) is 26.2 Å². The van der Waals surface area contributed by atoms with E-state index in [0.29, 0.717) is 18.7 Å². The van der Waals surface area contributed by atoms with Crippen molar-refractivity contribution >= 4 is 33.2 Å². The van der Waals surface area contributed by atoms with Crippen molar-refractivity contribution in [2.45, 2.75) is 19.4 Å². The minimum Gasteiger partial charge on any atom is -0.325 e. The maximum atomic E-state index is 12.5. The van der Waals surface area contributed by atoms with Gasteiger partial charge >= 0.3 is 0 Å². The zero-order valence-electron chi connectivity index (χ0n) is 15.7. The predicted octanol–water partition coefficient (Wildman–Crippen LogP) is 2.21. The first-order valence-electron chi connectivity index (χ1n) is 9.02. The average molecular weight is 401 g/mol. The molecule has 1 heterocycles. The van der Waals surface area contributed by atoms with E-state index in [1.165, 1.54) is 0 Å². The number of anilines is 2. The molecule has 1 aliphatic rings. The highest BCUT2D eigenvalue weighted by Gasteiger charge is 2.23. The molecule has 0 saturated carbocycles. The third kappa shape index (κ3) is 5.17. The molecule has 2 aromatic carbocycles. The van der Waals surface area contributed by atoms with Crippen LogP contribution in [0.3, 0.4) is 0 Å². The van der Waals surface area contributed by atoms with Crippen LogP contribution in [0.5, 0.6) is 0 Å². The fourth-order valence-corrected chi connectivity index (χ4v) is 3.85. The molecule has 2 aromatic rings. The molecule has 1 saturated heterocycles. The zero-order chi connectivity index (χ0) is 20.1. The first kappa shape index (κ1) is 20.0. The molecular formula is C20H23N3O4S. The largest absolute Gasteiger partial charge is 0.325 e. The summed E-state index contributed by atoms with van der Waals surface area (Å²) in [5, 5.41) is 2.73. The molecule has 0 unspecified atom stereocenters. The first-order valence-corrected chi connectivity index (χ1v) is 10.9. The lowest BCUT2D eigenvalue weighted by atomic mass is 10.2. The SMILES string of the molecule is CS(=O)(=O)N(CC(=O)Nc1cccc(N2CCCC2=O)c1)Cc1ccccc1. The van der Waals surface area contributed by atoms with Crippen molar-refractivity contribution < 1.29 is 18.0 Å². The van der Waals surface area contributed by atoms with Gasteiger partial charge in [-0.1, -0.05) is 36.4 Å². The van der Waals surface area contributed by atoms with E-state index in [1.54, 1.807) is 23.1 Å². The van der Waals surface area contributed by atoms with Crippen LogP contribution in [0.25, 0.3) is 0 Å². The Labute approximate surface area is 165 Å². The van der Waals surface area contributed by atoms with E-state index in [9.17, 15) is 18.0 Å². The summed E-state index contributed by atoms with van der Waals surface area (Å²) in [7, 11) is -3.56. The number of nitrogens with zero attached hydrogens (tertiary/aromatic N) is 2. The Morgan fingerprint density at radius 3 is 2.54 bits per heavy atom. The molecule has 0 bridgehead atoms. The number of hydrogen-bond donors (Lipinski definition) is 1. The van der Waals surface area contributed by atoms with E-state index < -0.39 is 15.9 Å². The van der Waals surface area contributed by atoms with Gasteiger partial charge in [0.05, 0.1) is 12.8 Å². The van der Waals surface area contributed by atoms with Gasteiger partial charge in [-0.3, -0.25) is 9.59 Å². The van der Waals surface area contributed by atoms with Gasteiger partial charge < -0.3 is 10.2 Å². The molecule has 7 nitrogen and oxygen atoms in total. The number of carbonyl (C=O) groups excluding carboxylic acids is 2. The summed E-state index contributed by atoms with van der Waals surface area (Å²) in [6.07, 6.45) is 2.43. The van der Waals surface area contributed by atoms with E-state index in [0.717, 1.165) is 28.2 Å². The molecule has 8 heteroatoms. The molecule has 0 spiro atoms. The van der Waals surface area contributed by atoms with Crippen LogP contribution < -0.4 is 10.2 Å². The van der Waals surface area contributed by atoms with Crippen LogP contribution in [0.15, 0.2) is 54.6 Å². The Hall–Kier alpha value is -2.71. The second-order valence-corrected chi connectivity index (χ2v) is 8.75. The van der Waals surface area contributed by atoms with Crippen LogP contribution in [-0.4, -0.2) is 43.9 Å². The van der Waals surface area contributed by atoms with Crippen LogP contribution in [0.1, 0.15) is 18.4 Å². The molecular weight excluding hydrogens is 378 g/mol. The lowest BCUT2D eigenvalue weighted by molar-refractivity contribution is -0.117. The number of amides is 2. The van der Waals surface area contributed by atoms with Gasteiger partial charge in [-0.25, -0.2) is 8.42 Å². The van der Waals surface area contributed by atoms with E-state index >= 15 is 0 Å². The van der Waals surface area contributed by atoms with Gasteiger partial charge in [-0.05, 0) is 30.2 Å². The maximum Gasteiger partial charge on any atom is 0.239 e. The second kappa shape index (κ2) is 8.53. The smallest absolute Gasteiger partial charge is 0.239 e. The maximum absolute atomic E-state index is 12.5. The molecule has 0 aliphatic carbocycles. The fourth-order valence-electron chi connectivity index (χ4n) is 3.11. The minimum atomic E-state index is -3.56. The first-order chi connectivity index (χ1) is 13.3. The molecule has 2 amide bonds. The highest BCUT2D eigenvalue weighted by Crippen LogP contribution is 2.24. The Bertz CT molecular complexity index is 960. The summed E-state index contributed by atoms with van der Waals surface area (Å²) in [6.45, 7) is 0.491. The number of benzene rings is 2. The predicted molar refractivity (Wildman–Crippen MR) is 108 cm³/mol. The lowest BCUT2D eigenvalue weighted by Crippen LogP contribution is -2.36. The Balaban J connectivity index is 1.68. The van der Waals surface area contributed by atoms with Crippen LogP contribution >= 0.6 is 0 Å². The van der Waals surface area contributed by atoms with E-state index in [4.69, 9.17) is 0 Å². The summed E-state index contributed by atoms with van der Waals surface area (Å²) >= 11 is 0. The summed E-state index contributed by atoms with van der Waals surface area (Å²) in [5.74, 6) is -0.374. The molecule has 0 aromatic heterocycles. The van der Waals surface area contributed by atoms with Gasteiger partial charge in [0.15, 0.2) is 0 Å². The van der Waals surface area contributed by atoms with Crippen molar-refractivity contribution in [3.63, 3.8) is 0 Å². The highest BCUT2D eigenvalue weighted by atomic mass is 32.2. The second-order valence-electron chi connectivity index (χ2n) is 6.76. The summed E-state index contributed by atoms with van der Waals surface area (Å²) in [4.78, 5) is 26.1. The standard InChI is InChI=1S/C20H23N3O4S/c1-28(26,27)22(14-16-7-3-2-4-8-16)15-19(24)21-17-9-5-10-18(13-17)23-12-6-11-20(23)25/h2-5,7-10,13H,6,11-12,14-15H2,1H3,(H,21,24). The monoisotopic (exact) mass is 401 g/mol. The molecule has 1 aliphatic heterocycles. The quantitative estimate of drug-likeness (QED) is 0.771. The van der Waals surface area contributed by atoms with Crippen LogP contribution in [0.2, 0.25) is 0 Å². The summed E-state index contributed by atoms with van der Waals surface area (Å²) in [5.41, 5.74) is 2.05. The third-order valence-electron chi connectivity index (χ3n) is 4.51. The molecule has 0 radical (unpaired) electrons. The van der Waals surface area contributed by atoms with Crippen molar-refractivity contribution in [1.82, 2.24) is 4.31 Å². The zero-order valence-corrected chi connectivity index (χ0v) is 16.5. The summed E-state index contributed by atoms with van der Waals surface area (Å²) < 4.78 is 25.3. The number of rotatable bonds is 7. The van der Waals surface area contributed by atoms with Crippen LogP contribution in [0.4, 0.5) is 11.4 Å². The Morgan fingerprint density at radius 2 is 1.89 bits per heavy atom. The number of carbonyl (C=O) groups is 2. The van der Waals surface area contributed by atoms with Crippen molar-refractivity contribution in [1.29, 1.82) is 0 Å². The highest BCUT2D eigenvalue weighted by molar-refractivity contribution is 7.88. The Morgan fingerprint density at radius 1 is 1.14 bits per heavy atom. The van der Waals surface area contributed by atoms with Gasteiger partial charge in [0.25, 0.3) is 0 Å². The number of nitrogens with one attached hydrogen (secondary N) is 1. The molecule has 1 fully saturated rings. The summed E-state index contributed by atoms with van der Waals surface area (Å²) in [6, 6.07) is 16.1. The molecule has 28 heavy (non-hydrogen) atoms. The normalized spacial score (nSPS) is 14.5. The van der Waals surface area contributed by atoms with Gasteiger partial charge in [0, 0.05) is 30.9 Å². The van der Waals surface area contributed by atoms with Crippen molar-refractivity contribution in [2.75, 3.05) is 29.6 Å². The van der Waals surface area contributed by atoms with Gasteiger partial charge in [-0.15, -0.1) is 0 Å².